The van der Waals surface area contributed by atoms with Crippen molar-refractivity contribution in [1.29, 1.82) is 0 Å². The minimum atomic E-state index is -0.0223. The molecule has 0 aromatic heterocycles. The van der Waals surface area contributed by atoms with Gasteiger partial charge in [-0.05, 0) is 47.2 Å². The normalized spacial score (nSPS) is 12.7. The summed E-state index contributed by atoms with van der Waals surface area (Å²) in [6, 6.07) is 14.8. The lowest BCUT2D eigenvalue weighted by Crippen LogP contribution is -2.29. The predicted octanol–water partition coefficient (Wildman–Crippen LogP) is 4.96. The van der Waals surface area contributed by atoms with Gasteiger partial charge in [0.2, 0.25) is 0 Å². The Hall–Kier alpha value is -0.680. The van der Waals surface area contributed by atoms with Crippen LogP contribution in [-0.2, 0) is 6.42 Å². The topological polar surface area (TPSA) is 38.0 Å². The molecular weight excluding hydrogens is 392 g/mol. The Bertz CT molecular complexity index is 591. The van der Waals surface area contributed by atoms with E-state index in [4.69, 9.17) is 5.84 Å². The van der Waals surface area contributed by atoms with Gasteiger partial charge in [0, 0.05) is 8.95 Å². The number of benzene rings is 2. The Kier molecular flexibility index (Phi) is 5.99. The van der Waals surface area contributed by atoms with Gasteiger partial charge in [0.15, 0.2) is 0 Å². The third-order valence-electron chi connectivity index (χ3n) is 3.31. The molecule has 2 nitrogen and oxygen atoms in total. The number of nitrogens with two attached hydrogens (primary N) is 1. The van der Waals surface area contributed by atoms with E-state index in [2.05, 4.69) is 87.5 Å². The van der Waals surface area contributed by atoms with E-state index in [-0.39, 0.29) is 6.04 Å². The van der Waals surface area contributed by atoms with E-state index in [0.29, 0.717) is 5.92 Å². The van der Waals surface area contributed by atoms with Crippen LogP contribution in [0.2, 0.25) is 0 Å². The number of rotatable bonds is 5. The first-order valence-electron chi connectivity index (χ1n) is 7.00. The molecule has 112 valence electrons. The molecule has 2 rings (SSSR count). The second-order valence-electron chi connectivity index (χ2n) is 5.65. The molecule has 0 aliphatic rings. The molecular formula is C17H20Br2N2. The molecule has 0 fully saturated rings. The van der Waals surface area contributed by atoms with Crippen molar-refractivity contribution in [3.05, 3.63) is 68.1 Å². The summed E-state index contributed by atoms with van der Waals surface area (Å²) in [6.45, 7) is 4.47. The van der Waals surface area contributed by atoms with Gasteiger partial charge in [-0.15, -0.1) is 0 Å². The van der Waals surface area contributed by atoms with Gasteiger partial charge in [-0.25, -0.2) is 5.43 Å². The number of hydrazine groups is 1. The van der Waals surface area contributed by atoms with Gasteiger partial charge < -0.3 is 0 Å². The fraction of sp³-hybridized carbons (Fsp3) is 0.294. The first kappa shape index (κ1) is 16.7. The Morgan fingerprint density at radius 3 is 2.24 bits per heavy atom. The molecule has 3 N–H and O–H groups in total. The van der Waals surface area contributed by atoms with Crippen LogP contribution >= 0.6 is 31.9 Å². The molecule has 1 unspecified atom stereocenters. The third-order valence-corrected chi connectivity index (χ3v) is 4.23. The number of hydrogen-bond acceptors (Lipinski definition) is 2. The standard InChI is InChI=1S/C17H20Br2N2/c1-11(2)6-12-4-3-5-13(7-12)17(21-20)14-8-15(18)10-16(19)9-14/h3-5,7-11,17,21H,6,20H2,1-2H3. The summed E-state index contributed by atoms with van der Waals surface area (Å²) in [7, 11) is 0. The van der Waals surface area contributed by atoms with Crippen LogP contribution in [0.4, 0.5) is 0 Å². The van der Waals surface area contributed by atoms with Crippen LogP contribution in [0.25, 0.3) is 0 Å². The average Bonchev–Trinajstić information content (AvgIpc) is 2.38. The average molecular weight is 412 g/mol. The summed E-state index contributed by atoms with van der Waals surface area (Å²) in [6.07, 6.45) is 1.08. The highest BCUT2D eigenvalue weighted by Crippen LogP contribution is 2.28. The van der Waals surface area contributed by atoms with Crippen LogP contribution in [0.1, 0.15) is 36.6 Å². The molecule has 4 heteroatoms. The first-order chi connectivity index (χ1) is 9.99. The largest absolute Gasteiger partial charge is 0.271 e. The van der Waals surface area contributed by atoms with Crippen molar-refractivity contribution in [2.24, 2.45) is 11.8 Å². The lowest BCUT2D eigenvalue weighted by atomic mass is 9.95. The van der Waals surface area contributed by atoms with Crippen molar-refractivity contribution in [2.75, 3.05) is 0 Å². The molecule has 2 aromatic rings. The van der Waals surface area contributed by atoms with Gasteiger partial charge >= 0.3 is 0 Å². The van der Waals surface area contributed by atoms with Crippen molar-refractivity contribution >= 4 is 31.9 Å². The van der Waals surface area contributed by atoms with Gasteiger partial charge in [-0.1, -0.05) is 70.0 Å². The van der Waals surface area contributed by atoms with Crippen molar-refractivity contribution in [3.63, 3.8) is 0 Å². The molecule has 0 saturated carbocycles. The molecule has 0 spiro atoms. The summed E-state index contributed by atoms with van der Waals surface area (Å²) in [4.78, 5) is 0. The van der Waals surface area contributed by atoms with E-state index < -0.39 is 0 Å². The van der Waals surface area contributed by atoms with Gasteiger partial charge in [-0.3, -0.25) is 5.84 Å². The molecule has 0 radical (unpaired) electrons. The molecule has 0 heterocycles. The lowest BCUT2D eigenvalue weighted by molar-refractivity contribution is 0.627. The van der Waals surface area contributed by atoms with Gasteiger partial charge in [-0.2, -0.15) is 0 Å². The van der Waals surface area contributed by atoms with Crippen molar-refractivity contribution < 1.29 is 0 Å². The summed E-state index contributed by atoms with van der Waals surface area (Å²) < 4.78 is 2.07. The zero-order chi connectivity index (χ0) is 15.4. The third kappa shape index (κ3) is 4.65. The molecule has 0 aliphatic carbocycles. The van der Waals surface area contributed by atoms with E-state index in [0.717, 1.165) is 20.9 Å². The highest BCUT2D eigenvalue weighted by atomic mass is 79.9. The van der Waals surface area contributed by atoms with Gasteiger partial charge in [0.1, 0.15) is 0 Å². The molecule has 0 bridgehead atoms. The van der Waals surface area contributed by atoms with Gasteiger partial charge in [0.05, 0.1) is 6.04 Å². The quantitative estimate of drug-likeness (QED) is 0.538. The summed E-state index contributed by atoms with van der Waals surface area (Å²) in [5.74, 6) is 6.45. The number of hydrogen-bond donors (Lipinski definition) is 2. The number of nitrogens with one attached hydrogen (secondary N) is 1. The summed E-state index contributed by atoms with van der Waals surface area (Å²) in [5, 5.41) is 0. The van der Waals surface area contributed by atoms with E-state index in [1.165, 1.54) is 11.1 Å². The van der Waals surface area contributed by atoms with Crippen molar-refractivity contribution in [3.8, 4) is 0 Å². The van der Waals surface area contributed by atoms with Crippen molar-refractivity contribution in [2.45, 2.75) is 26.3 Å². The van der Waals surface area contributed by atoms with E-state index >= 15 is 0 Å². The fourth-order valence-corrected chi connectivity index (χ4v) is 3.83. The molecule has 0 amide bonds. The Balaban J connectivity index is 2.36. The van der Waals surface area contributed by atoms with Crippen LogP contribution in [0.5, 0.6) is 0 Å². The first-order valence-corrected chi connectivity index (χ1v) is 8.59. The van der Waals surface area contributed by atoms with E-state index in [1.54, 1.807) is 0 Å². The Labute approximate surface area is 143 Å². The smallest absolute Gasteiger partial charge is 0.0710 e. The molecule has 0 aliphatic heterocycles. The Morgan fingerprint density at radius 1 is 1.00 bits per heavy atom. The SMILES string of the molecule is CC(C)Cc1cccc(C(NN)c2cc(Br)cc(Br)c2)c1. The van der Waals surface area contributed by atoms with Crippen molar-refractivity contribution in [1.82, 2.24) is 5.43 Å². The van der Waals surface area contributed by atoms with Gasteiger partial charge in [0.25, 0.3) is 0 Å². The number of halogens is 2. The maximum atomic E-state index is 5.81. The molecule has 2 aromatic carbocycles. The predicted molar refractivity (Wildman–Crippen MR) is 96.0 cm³/mol. The molecule has 21 heavy (non-hydrogen) atoms. The van der Waals surface area contributed by atoms with E-state index in [1.807, 2.05) is 6.07 Å². The molecule has 1 atom stereocenters. The second kappa shape index (κ2) is 7.54. The minimum absolute atomic E-state index is 0.0223. The second-order valence-corrected chi connectivity index (χ2v) is 7.48. The van der Waals surface area contributed by atoms with Crippen LogP contribution in [0.15, 0.2) is 51.4 Å². The highest BCUT2D eigenvalue weighted by Gasteiger charge is 2.14. The monoisotopic (exact) mass is 410 g/mol. The maximum Gasteiger partial charge on any atom is 0.0710 e. The lowest BCUT2D eigenvalue weighted by Gasteiger charge is -2.19. The zero-order valence-electron chi connectivity index (χ0n) is 12.2. The summed E-state index contributed by atoms with van der Waals surface area (Å²) >= 11 is 7.06. The van der Waals surface area contributed by atoms with Crippen LogP contribution in [0.3, 0.4) is 0 Å². The highest BCUT2D eigenvalue weighted by molar-refractivity contribution is 9.11. The fourth-order valence-electron chi connectivity index (χ4n) is 2.50. The summed E-state index contributed by atoms with van der Waals surface area (Å²) in [5.41, 5.74) is 6.58. The van der Waals surface area contributed by atoms with E-state index in [9.17, 15) is 0 Å². The van der Waals surface area contributed by atoms with Crippen LogP contribution < -0.4 is 11.3 Å². The minimum Gasteiger partial charge on any atom is -0.271 e. The van der Waals surface area contributed by atoms with Crippen LogP contribution in [0, 0.1) is 5.92 Å². The zero-order valence-corrected chi connectivity index (χ0v) is 15.4. The maximum absolute atomic E-state index is 5.81. The van der Waals surface area contributed by atoms with Crippen LogP contribution in [-0.4, -0.2) is 0 Å². The Morgan fingerprint density at radius 2 is 1.67 bits per heavy atom. The molecule has 0 saturated heterocycles.